The highest BCUT2D eigenvalue weighted by atomic mass is 16.5. The minimum Gasteiger partial charge on any atom is -0.496 e. The number of para-hydroxylation sites is 1. The minimum atomic E-state index is -0.919. The molecular weight excluding hydrogens is 266 g/mol. The standard InChI is InChI=1S/C17H15NO3/c1-18-10-14(13-5-3-4-6-16(13)21-2)12-8-7-11(17(19)20)9-15(12)18/h3-10H,1-2H3,(H,19,20). The Bertz CT molecular complexity index is 833. The van der Waals surface area contributed by atoms with Gasteiger partial charge in [0.15, 0.2) is 0 Å². The lowest BCUT2D eigenvalue weighted by molar-refractivity contribution is 0.0697. The average molecular weight is 281 g/mol. The highest BCUT2D eigenvalue weighted by Crippen LogP contribution is 2.36. The van der Waals surface area contributed by atoms with Crippen molar-refractivity contribution in [3.05, 3.63) is 54.2 Å². The summed E-state index contributed by atoms with van der Waals surface area (Å²) in [7, 11) is 3.55. The number of carboxylic acids is 1. The smallest absolute Gasteiger partial charge is 0.335 e. The third kappa shape index (κ3) is 2.14. The first-order chi connectivity index (χ1) is 10.1. The molecule has 0 aliphatic carbocycles. The lowest BCUT2D eigenvalue weighted by atomic mass is 10.0. The third-order valence-electron chi connectivity index (χ3n) is 3.63. The molecule has 0 atom stereocenters. The third-order valence-corrected chi connectivity index (χ3v) is 3.63. The number of aromatic nitrogens is 1. The first-order valence-electron chi connectivity index (χ1n) is 6.57. The minimum absolute atomic E-state index is 0.287. The summed E-state index contributed by atoms with van der Waals surface area (Å²) in [6, 6.07) is 13.0. The van der Waals surface area contributed by atoms with Crippen LogP contribution in [0.25, 0.3) is 22.0 Å². The van der Waals surface area contributed by atoms with Crippen molar-refractivity contribution in [3.63, 3.8) is 0 Å². The van der Waals surface area contributed by atoms with E-state index in [1.807, 2.05) is 48.1 Å². The largest absolute Gasteiger partial charge is 0.496 e. The second kappa shape index (κ2) is 4.98. The molecule has 1 heterocycles. The number of benzene rings is 2. The molecule has 0 amide bonds. The van der Waals surface area contributed by atoms with Crippen LogP contribution in [-0.2, 0) is 7.05 Å². The predicted octanol–water partition coefficient (Wildman–Crippen LogP) is 3.55. The highest BCUT2D eigenvalue weighted by Gasteiger charge is 2.14. The van der Waals surface area contributed by atoms with Gasteiger partial charge in [-0.15, -0.1) is 0 Å². The van der Waals surface area contributed by atoms with Gasteiger partial charge in [-0.25, -0.2) is 4.79 Å². The normalized spacial score (nSPS) is 10.8. The summed E-state index contributed by atoms with van der Waals surface area (Å²) in [6.07, 6.45) is 1.99. The van der Waals surface area contributed by atoms with E-state index in [2.05, 4.69) is 0 Å². The predicted molar refractivity (Wildman–Crippen MR) is 81.9 cm³/mol. The Hall–Kier alpha value is -2.75. The highest BCUT2D eigenvalue weighted by molar-refractivity contribution is 6.01. The SMILES string of the molecule is COc1ccccc1-c1cn(C)c2cc(C(=O)O)ccc12. The van der Waals surface area contributed by atoms with Crippen LogP contribution < -0.4 is 4.74 Å². The second-order valence-corrected chi connectivity index (χ2v) is 4.89. The molecule has 0 bridgehead atoms. The Morgan fingerprint density at radius 2 is 1.90 bits per heavy atom. The maximum absolute atomic E-state index is 11.1. The van der Waals surface area contributed by atoms with Gasteiger partial charge in [-0.1, -0.05) is 24.3 Å². The number of aromatic carboxylic acids is 1. The molecule has 1 aromatic heterocycles. The zero-order valence-electron chi connectivity index (χ0n) is 11.8. The van der Waals surface area contributed by atoms with Gasteiger partial charge >= 0.3 is 5.97 Å². The molecule has 21 heavy (non-hydrogen) atoms. The fraction of sp³-hybridized carbons (Fsp3) is 0.118. The number of aryl methyl sites for hydroxylation is 1. The van der Waals surface area contributed by atoms with Crippen molar-refractivity contribution in [1.82, 2.24) is 4.57 Å². The number of hydrogen-bond acceptors (Lipinski definition) is 2. The van der Waals surface area contributed by atoms with Crippen molar-refractivity contribution in [3.8, 4) is 16.9 Å². The molecule has 0 saturated carbocycles. The lowest BCUT2D eigenvalue weighted by Crippen LogP contribution is -1.96. The number of methoxy groups -OCH3 is 1. The molecule has 4 nitrogen and oxygen atoms in total. The summed E-state index contributed by atoms with van der Waals surface area (Å²) in [5, 5.41) is 10.1. The van der Waals surface area contributed by atoms with E-state index in [0.29, 0.717) is 0 Å². The zero-order valence-corrected chi connectivity index (χ0v) is 11.8. The zero-order chi connectivity index (χ0) is 15.0. The monoisotopic (exact) mass is 281 g/mol. The first-order valence-corrected chi connectivity index (χ1v) is 6.57. The van der Waals surface area contributed by atoms with Crippen LogP contribution in [0.5, 0.6) is 5.75 Å². The Balaban J connectivity index is 2.27. The molecule has 0 aliphatic rings. The molecule has 0 saturated heterocycles. The Morgan fingerprint density at radius 1 is 1.14 bits per heavy atom. The van der Waals surface area contributed by atoms with Gasteiger partial charge in [-0.2, -0.15) is 0 Å². The van der Waals surface area contributed by atoms with E-state index in [-0.39, 0.29) is 5.56 Å². The number of carbonyl (C=O) groups is 1. The number of carboxylic acid groups (broad SMARTS) is 1. The quantitative estimate of drug-likeness (QED) is 0.798. The lowest BCUT2D eigenvalue weighted by Gasteiger charge is -2.07. The van der Waals surface area contributed by atoms with Crippen LogP contribution in [-0.4, -0.2) is 22.8 Å². The van der Waals surface area contributed by atoms with Crippen LogP contribution >= 0.6 is 0 Å². The van der Waals surface area contributed by atoms with Crippen LogP contribution in [0.4, 0.5) is 0 Å². The van der Waals surface area contributed by atoms with E-state index >= 15 is 0 Å². The van der Waals surface area contributed by atoms with Crippen molar-refractivity contribution in [1.29, 1.82) is 0 Å². The Kier molecular flexibility index (Phi) is 3.14. The number of nitrogens with zero attached hydrogens (tertiary/aromatic N) is 1. The molecule has 0 aliphatic heterocycles. The van der Waals surface area contributed by atoms with Crippen LogP contribution in [0.1, 0.15) is 10.4 Å². The number of ether oxygens (including phenoxy) is 1. The van der Waals surface area contributed by atoms with Crippen LogP contribution in [0.15, 0.2) is 48.7 Å². The van der Waals surface area contributed by atoms with Crippen LogP contribution in [0.2, 0.25) is 0 Å². The maximum atomic E-state index is 11.1. The Labute approximate surface area is 122 Å². The van der Waals surface area contributed by atoms with Gasteiger partial charge < -0.3 is 14.4 Å². The molecule has 0 radical (unpaired) electrons. The van der Waals surface area contributed by atoms with Crippen molar-refractivity contribution in [2.45, 2.75) is 0 Å². The molecule has 0 fully saturated rings. The van der Waals surface area contributed by atoms with Crippen LogP contribution in [0.3, 0.4) is 0 Å². The summed E-state index contributed by atoms with van der Waals surface area (Å²) in [5.41, 5.74) is 3.20. The average Bonchev–Trinajstić information content (AvgIpc) is 2.83. The summed E-state index contributed by atoms with van der Waals surface area (Å²) in [5.74, 6) is -0.121. The number of fused-ring (bicyclic) bond motifs is 1. The first kappa shape index (κ1) is 13.2. The van der Waals surface area contributed by atoms with E-state index in [0.717, 1.165) is 27.8 Å². The number of rotatable bonds is 3. The summed E-state index contributed by atoms with van der Waals surface area (Å²) < 4.78 is 7.35. The molecule has 0 unspecified atom stereocenters. The molecule has 3 aromatic rings. The van der Waals surface area contributed by atoms with E-state index in [4.69, 9.17) is 9.84 Å². The van der Waals surface area contributed by atoms with Gasteiger partial charge in [0.05, 0.1) is 12.7 Å². The summed E-state index contributed by atoms with van der Waals surface area (Å²) >= 11 is 0. The molecule has 2 aromatic carbocycles. The van der Waals surface area contributed by atoms with Gasteiger partial charge in [-0.3, -0.25) is 0 Å². The molecule has 4 heteroatoms. The molecular formula is C17H15NO3. The van der Waals surface area contributed by atoms with E-state index in [1.54, 1.807) is 19.2 Å². The molecule has 3 rings (SSSR count). The van der Waals surface area contributed by atoms with Gasteiger partial charge in [0.2, 0.25) is 0 Å². The van der Waals surface area contributed by atoms with E-state index in [9.17, 15) is 4.79 Å². The second-order valence-electron chi connectivity index (χ2n) is 4.89. The number of hydrogen-bond donors (Lipinski definition) is 1. The molecule has 1 N–H and O–H groups in total. The fourth-order valence-corrected chi connectivity index (χ4v) is 2.60. The summed E-state index contributed by atoms with van der Waals surface area (Å²) in [4.78, 5) is 11.1. The van der Waals surface area contributed by atoms with Gasteiger partial charge in [0.1, 0.15) is 5.75 Å². The van der Waals surface area contributed by atoms with Crippen molar-refractivity contribution < 1.29 is 14.6 Å². The Morgan fingerprint density at radius 3 is 2.62 bits per heavy atom. The fourth-order valence-electron chi connectivity index (χ4n) is 2.60. The van der Waals surface area contributed by atoms with Crippen LogP contribution in [0, 0.1) is 0 Å². The van der Waals surface area contributed by atoms with Gasteiger partial charge in [-0.05, 0) is 18.2 Å². The van der Waals surface area contributed by atoms with Gasteiger partial charge in [0, 0.05) is 35.3 Å². The van der Waals surface area contributed by atoms with Crippen molar-refractivity contribution in [2.75, 3.05) is 7.11 Å². The summed E-state index contributed by atoms with van der Waals surface area (Å²) in [6.45, 7) is 0. The van der Waals surface area contributed by atoms with Gasteiger partial charge in [0.25, 0.3) is 0 Å². The maximum Gasteiger partial charge on any atom is 0.335 e. The topological polar surface area (TPSA) is 51.5 Å². The van der Waals surface area contributed by atoms with E-state index in [1.165, 1.54) is 0 Å². The van der Waals surface area contributed by atoms with E-state index < -0.39 is 5.97 Å². The molecule has 106 valence electrons. The molecule has 0 spiro atoms. The van der Waals surface area contributed by atoms with Crippen molar-refractivity contribution in [2.24, 2.45) is 7.05 Å². The van der Waals surface area contributed by atoms with Crippen molar-refractivity contribution >= 4 is 16.9 Å².